The van der Waals surface area contributed by atoms with Crippen LogP contribution >= 0.6 is 0 Å². The Morgan fingerprint density at radius 3 is 2.32 bits per heavy atom. The maximum atomic E-state index is 11.4. The summed E-state index contributed by atoms with van der Waals surface area (Å²) in [6.45, 7) is -0.126. The monoisotopic (exact) mass is 492 g/mol. The average molecular weight is 493 g/mol. The van der Waals surface area contributed by atoms with E-state index in [4.69, 9.17) is 20.8 Å². The zero-order valence-electron chi connectivity index (χ0n) is 20.0. The predicted molar refractivity (Wildman–Crippen MR) is 123 cm³/mol. The Balaban J connectivity index is 0.000000362. The van der Waals surface area contributed by atoms with Crippen molar-refractivity contribution in [2.24, 2.45) is 5.73 Å². The number of carbonyl (C=O) groups is 1. The second kappa shape index (κ2) is 16.1. The summed E-state index contributed by atoms with van der Waals surface area (Å²) in [4.78, 5) is 13.8. The zero-order valence-corrected chi connectivity index (χ0v) is 20.0. The van der Waals surface area contributed by atoms with Gasteiger partial charge in [0.2, 0.25) is 0 Å². The normalized spacial score (nSPS) is 19.6. The van der Waals surface area contributed by atoms with Gasteiger partial charge >= 0.3 is 6.18 Å². The summed E-state index contributed by atoms with van der Waals surface area (Å²) in [5.74, 6) is 0. The van der Waals surface area contributed by atoms with E-state index in [-0.39, 0.29) is 12.4 Å². The molecule has 34 heavy (non-hydrogen) atoms. The third-order valence-electron chi connectivity index (χ3n) is 5.84. The van der Waals surface area contributed by atoms with Gasteiger partial charge in [0.15, 0.2) is 0 Å². The quantitative estimate of drug-likeness (QED) is 0.224. The third kappa shape index (κ3) is 11.7. The van der Waals surface area contributed by atoms with Crippen LogP contribution in [0.2, 0.25) is 0 Å². The summed E-state index contributed by atoms with van der Waals surface area (Å²) in [5, 5.41) is 18.5. The Bertz CT molecular complexity index is 697. The highest BCUT2D eigenvalue weighted by molar-refractivity contribution is 5.77. The number of aliphatic hydroxyl groups is 1. The molecule has 0 radical (unpaired) electrons. The van der Waals surface area contributed by atoms with Gasteiger partial charge in [0.25, 0.3) is 0 Å². The van der Waals surface area contributed by atoms with Crippen molar-refractivity contribution in [2.45, 2.75) is 76.1 Å². The highest BCUT2D eigenvalue weighted by atomic mass is 19.4. The average Bonchev–Trinajstić information content (AvgIpc) is 3.39. The zero-order chi connectivity index (χ0) is 25.6. The number of nitrogens with zero attached hydrogens (tertiary/aromatic N) is 1. The Labute approximate surface area is 199 Å². The van der Waals surface area contributed by atoms with E-state index in [1.54, 1.807) is 0 Å². The van der Waals surface area contributed by atoms with Crippen molar-refractivity contribution < 1.29 is 33.0 Å². The van der Waals surface area contributed by atoms with Gasteiger partial charge in [-0.3, -0.25) is 9.69 Å². The topological polar surface area (TPSA) is 120 Å². The van der Waals surface area contributed by atoms with Gasteiger partial charge < -0.3 is 26.1 Å². The molecule has 1 aromatic rings. The molecule has 2 atom stereocenters. The Morgan fingerprint density at radius 2 is 1.88 bits per heavy atom. The number of aliphatic hydroxyl groups excluding tert-OH is 1. The van der Waals surface area contributed by atoms with Crippen molar-refractivity contribution in [1.29, 1.82) is 0 Å². The standard InChI is InChI=1S/C17H27N3O.C4H9NO2.C2H3F3O/c1-19-17(18)13-8-9-14(15(10-13)12-21)11-20(2)16-6-4-3-5-7-16;6-5-4-2-1-3-7-4;3-2(4,5)1-6/h8-10,12,16-17,19H,3-7,11,18H2,1-2H3;4-6H,1-3H2;6H,1H2. The van der Waals surface area contributed by atoms with Crippen LogP contribution in [-0.4, -0.2) is 67.3 Å². The van der Waals surface area contributed by atoms with E-state index in [1.807, 2.05) is 30.7 Å². The molecule has 1 saturated carbocycles. The molecular weight excluding hydrogens is 453 g/mol. The lowest BCUT2D eigenvalue weighted by Gasteiger charge is -2.31. The maximum absolute atomic E-state index is 11.4. The molecule has 1 saturated heterocycles. The molecule has 1 aromatic carbocycles. The Hall–Kier alpha value is -1.60. The third-order valence-corrected chi connectivity index (χ3v) is 5.84. The molecule has 0 spiro atoms. The van der Waals surface area contributed by atoms with Crippen LogP contribution in [0.3, 0.4) is 0 Å². The minimum Gasteiger partial charge on any atom is -0.387 e. The van der Waals surface area contributed by atoms with Crippen LogP contribution in [0.4, 0.5) is 13.2 Å². The first-order valence-corrected chi connectivity index (χ1v) is 11.5. The molecule has 196 valence electrons. The van der Waals surface area contributed by atoms with E-state index in [0.717, 1.165) is 49.0 Å². The molecule has 0 aromatic heterocycles. The summed E-state index contributed by atoms with van der Waals surface area (Å²) in [6.07, 6.45) is 4.75. The number of nitrogens with one attached hydrogen (secondary N) is 2. The number of alkyl halides is 3. The van der Waals surface area contributed by atoms with Crippen LogP contribution in [0, 0.1) is 0 Å². The van der Waals surface area contributed by atoms with Gasteiger partial charge in [0.1, 0.15) is 19.1 Å². The van der Waals surface area contributed by atoms with Crippen LogP contribution < -0.4 is 16.5 Å². The fourth-order valence-corrected chi connectivity index (χ4v) is 3.83. The number of hydroxylamine groups is 1. The van der Waals surface area contributed by atoms with Gasteiger partial charge in [-0.05, 0) is 57.0 Å². The number of hydrogen-bond donors (Lipinski definition) is 5. The largest absolute Gasteiger partial charge is 0.411 e. The van der Waals surface area contributed by atoms with Crippen molar-refractivity contribution in [1.82, 2.24) is 15.7 Å². The first kappa shape index (κ1) is 30.4. The summed E-state index contributed by atoms with van der Waals surface area (Å²) in [5.41, 5.74) is 10.8. The number of ether oxygens (including phenoxy) is 1. The van der Waals surface area contributed by atoms with Crippen LogP contribution in [0.15, 0.2) is 18.2 Å². The van der Waals surface area contributed by atoms with Crippen LogP contribution in [0.5, 0.6) is 0 Å². The number of nitrogens with two attached hydrogens (primary N) is 1. The van der Waals surface area contributed by atoms with Crippen molar-refractivity contribution in [3.63, 3.8) is 0 Å². The van der Waals surface area contributed by atoms with Crippen LogP contribution in [-0.2, 0) is 11.3 Å². The maximum Gasteiger partial charge on any atom is 0.411 e. The van der Waals surface area contributed by atoms with Gasteiger partial charge in [-0.25, -0.2) is 0 Å². The summed E-state index contributed by atoms with van der Waals surface area (Å²) in [7, 11) is 3.98. The summed E-state index contributed by atoms with van der Waals surface area (Å²) < 4.78 is 36.5. The second-order valence-electron chi connectivity index (χ2n) is 8.45. The minimum atomic E-state index is -4.40. The number of hydrogen-bond acceptors (Lipinski definition) is 8. The number of aldehydes is 1. The molecule has 8 nitrogen and oxygen atoms in total. The lowest BCUT2D eigenvalue weighted by molar-refractivity contribution is -0.159. The molecule has 2 unspecified atom stereocenters. The molecule has 1 heterocycles. The number of halogens is 3. The van der Waals surface area contributed by atoms with E-state index in [0.29, 0.717) is 6.04 Å². The van der Waals surface area contributed by atoms with Crippen LogP contribution in [0.1, 0.15) is 72.6 Å². The number of carbonyl (C=O) groups excluding carboxylic acids is 1. The van der Waals surface area contributed by atoms with E-state index >= 15 is 0 Å². The lowest BCUT2D eigenvalue weighted by Crippen LogP contribution is -2.33. The van der Waals surface area contributed by atoms with Crippen molar-refractivity contribution >= 4 is 6.29 Å². The van der Waals surface area contributed by atoms with Crippen molar-refractivity contribution in [3.05, 3.63) is 34.9 Å². The second-order valence-corrected chi connectivity index (χ2v) is 8.45. The van der Waals surface area contributed by atoms with E-state index in [9.17, 15) is 18.0 Å². The number of benzene rings is 1. The lowest BCUT2D eigenvalue weighted by atomic mass is 9.94. The van der Waals surface area contributed by atoms with E-state index in [1.165, 1.54) is 32.1 Å². The van der Waals surface area contributed by atoms with Gasteiger partial charge in [-0.2, -0.15) is 18.7 Å². The van der Waals surface area contributed by atoms with Gasteiger partial charge in [0.05, 0.1) is 6.17 Å². The fourth-order valence-electron chi connectivity index (χ4n) is 3.83. The smallest absolute Gasteiger partial charge is 0.387 e. The van der Waals surface area contributed by atoms with E-state index in [2.05, 4.69) is 17.3 Å². The molecule has 3 rings (SSSR count). The van der Waals surface area contributed by atoms with E-state index < -0.39 is 12.8 Å². The Morgan fingerprint density at radius 1 is 1.24 bits per heavy atom. The van der Waals surface area contributed by atoms with Crippen LogP contribution in [0.25, 0.3) is 0 Å². The number of rotatable bonds is 7. The first-order valence-electron chi connectivity index (χ1n) is 11.5. The SMILES string of the molecule is CNC(N)c1ccc(CN(C)C2CCCCC2)c(C=O)c1.OCC(F)(F)F.ONC1CCCO1. The minimum absolute atomic E-state index is 0.0972. The summed E-state index contributed by atoms with van der Waals surface area (Å²) in [6, 6.07) is 6.60. The first-order chi connectivity index (χ1) is 16.1. The van der Waals surface area contributed by atoms with Crippen molar-refractivity contribution in [2.75, 3.05) is 27.3 Å². The highest BCUT2D eigenvalue weighted by Crippen LogP contribution is 2.24. The molecule has 11 heteroatoms. The molecule has 0 bridgehead atoms. The molecule has 2 fully saturated rings. The summed E-state index contributed by atoms with van der Waals surface area (Å²) >= 11 is 0. The fraction of sp³-hybridized carbons (Fsp3) is 0.696. The Kier molecular flexibility index (Phi) is 14.4. The highest BCUT2D eigenvalue weighted by Gasteiger charge is 2.24. The molecule has 0 amide bonds. The molecule has 2 aliphatic rings. The molecule has 1 aliphatic carbocycles. The predicted octanol–water partition coefficient (Wildman–Crippen LogP) is 3.08. The van der Waals surface area contributed by atoms with Gasteiger partial charge in [0, 0.05) is 24.8 Å². The van der Waals surface area contributed by atoms with Crippen molar-refractivity contribution in [3.8, 4) is 0 Å². The molecular formula is C23H39F3N4O4. The molecule has 6 N–H and O–H groups in total. The van der Waals surface area contributed by atoms with Gasteiger partial charge in [-0.1, -0.05) is 31.4 Å². The van der Waals surface area contributed by atoms with Gasteiger partial charge in [-0.15, -0.1) is 0 Å². The molecule has 1 aliphatic heterocycles.